The third-order valence-electron chi connectivity index (χ3n) is 2.83. The number of amidine groups is 1. The summed E-state index contributed by atoms with van der Waals surface area (Å²) in [5.41, 5.74) is 7.89. The van der Waals surface area contributed by atoms with Crippen LogP contribution in [0.2, 0.25) is 0 Å². The van der Waals surface area contributed by atoms with E-state index in [1.165, 1.54) is 0 Å². The second-order valence-corrected chi connectivity index (χ2v) is 4.39. The SMILES string of the molecule is Cc1ccc(C(N)=NO)c(Oc2cccc(CO)c2)c1. The van der Waals surface area contributed by atoms with Gasteiger partial charge in [0.2, 0.25) is 0 Å². The van der Waals surface area contributed by atoms with Crippen molar-refractivity contribution in [3.63, 3.8) is 0 Å². The van der Waals surface area contributed by atoms with E-state index >= 15 is 0 Å². The van der Waals surface area contributed by atoms with Crippen LogP contribution in [0, 0.1) is 6.92 Å². The van der Waals surface area contributed by atoms with E-state index in [0.29, 0.717) is 17.1 Å². The maximum atomic E-state index is 9.13. The normalized spacial score (nSPS) is 11.4. The molecular formula is C15H16N2O3. The highest BCUT2D eigenvalue weighted by Crippen LogP contribution is 2.27. The maximum absolute atomic E-state index is 9.13. The first-order valence-electron chi connectivity index (χ1n) is 6.10. The lowest BCUT2D eigenvalue weighted by atomic mass is 10.1. The van der Waals surface area contributed by atoms with Crippen LogP contribution in [-0.4, -0.2) is 16.1 Å². The molecule has 104 valence electrons. The van der Waals surface area contributed by atoms with Crippen LogP contribution in [0.15, 0.2) is 47.6 Å². The topological polar surface area (TPSA) is 88.1 Å². The van der Waals surface area contributed by atoms with Crippen molar-refractivity contribution >= 4 is 5.84 Å². The molecule has 2 aromatic carbocycles. The first-order valence-corrected chi connectivity index (χ1v) is 6.10. The molecule has 2 rings (SSSR count). The van der Waals surface area contributed by atoms with Crippen LogP contribution < -0.4 is 10.5 Å². The Morgan fingerprint density at radius 1 is 1.25 bits per heavy atom. The van der Waals surface area contributed by atoms with Crippen molar-refractivity contribution in [2.24, 2.45) is 10.9 Å². The van der Waals surface area contributed by atoms with Crippen LogP contribution in [-0.2, 0) is 6.61 Å². The van der Waals surface area contributed by atoms with Gasteiger partial charge in [-0.3, -0.25) is 0 Å². The molecule has 0 unspecified atom stereocenters. The Kier molecular flexibility index (Phi) is 4.22. The molecule has 0 aromatic heterocycles. The first-order chi connectivity index (χ1) is 9.63. The quantitative estimate of drug-likeness (QED) is 0.345. The summed E-state index contributed by atoms with van der Waals surface area (Å²) >= 11 is 0. The highest BCUT2D eigenvalue weighted by Gasteiger charge is 2.10. The maximum Gasteiger partial charge on any atom is 0.173 e. The number of hydrogen-bond donors (Lipinski definition) is 3. The predicted octanol–water partition coefficient (Wildman–Crippen LogP) is 2.37. The number of oxime groups is 1. The second kappa shape index (κ2) is 6.08. The van der Waals surface area contributed by atoms with Crippen molar-refractivity contribution in [1.29, 1.82) is 0 Å². The summed E-state index contributed by atoms with van der Waals surface area (Å²) in [4.78, 5) is 0. The largest absolute Gasteiger partial charge is 0.457 e. The van der Waals surface area contributed by atoms with Crippen LogP contribution in [0.5, 0.6) is 11.5 Å². The smallest absolute Gasteiger partial charge is 0.173 e. The lowest BCUT2D eigenvalue weighted by Gasteiger charge is -2.12. The molecule has 0 saturated heterocycles. The predicted molar refractivity (Wildman–Crippen MR) is 76.1 cm³/mol. The zero-order valence-electron chi connectivity index (χ0n) is 11.1. The minimum absolute atomic E-state index is 0.0155. The van der Waals surface area contributed by atoms with Gasteiger partial charge in [-0.15, -0.1) is 0 Å². The van der Waals surface area contributed by atoms with Gasteiger partial charge in [-0.05, 0) is 42.3 Å². The van der Waals surface area contributed by atoms with Crippen molar-refractivity contribution in [2.45, 2.75) is 13.5 Å². The fraction of sp³-hybridized carbons (Fsp3) is 0.133. The molecule has 0 fully saturated rings. The standard InChI is InChI=1S/C15H16N2O3/c1-10-5-6-13(15(16)17-19)14(7-10)20-12-4-2-3-11(8-12)9-18/h2-8,18-19H,9H2,1H3,(H2,16,17). The van der Waals surface area contributed by atoms with Crippen molar-refractivity contribution < 1.29 is 15.1 Å². The first kappa shape index (κ1) is 13.9. The van der Waals surface area contributed by atoms with Crippen LogP contribution in [0.1, 0.15) is 16.7 Å². The van der Waals surface area contributed by atoms with E-state index in [0.717, 1.165) is 11.1 Å². The zero-order valence-corrected chi connectivity index (χ0v) is 11.1. The average Bonchev–Trinajstić information content (AvgIpc) is 2.47. The number of aliphatic hydroxyl groups is 1. The van der Waals surface area contributed by atoms with E-state index in [-0.39, 0.29) is 12.4 Å². The molecule has 4 N–H and O–H groups in total. The summed E-state index contributed by atoms with van der Waals surface area (Å²) in [7, 11) is 0. The minimum Gasteiger partial charge on any atom is -0.457 e. The molecule has 0 aliphatic heterocycles. The highest BCUT2D eigenvalue weighted by atomic mass is 16.5. The molecule has 0 radical (unpaired) electrons. The summed E-state index contributed by atoms with van der Waals surface area (Å²) in [6, 6.07) is 12.5. The van der Waals surface area contributed by atoms with E-state index in [9.17, 15) is 0 Å². The fourth-order valence-electron chi connectivity index (χ4n) is 1.81. The molecule has 5 nitrogen and oxygen atoms in total. The number of nitrogens with zero attached hydrogens (tertiary/aromatic N) is 1. The third-order valence-corrected chi connectivity index (χ3v) is 2.83. The van der Waals surface area contributed by atoms with Gasteiger partial charge in [-0.2, -0.15) is 0 Å². The van der Waals surface area contributed by atoms with Crippen LogP contribution in [0.4, 0.5) is 0 Å². The summed E-state index contributed by atoms with van der Waals surface area (Å²) < 4.78 is 5.77. The van der Waals surface area contributed by atoms with Crippen molar-refractivity contribution in [3.05, 3.63) is 59.2 Å². The molecule has 0 aliphatic carbocycles. The summed E-state index contributed by atoms with van der Waals surface area (Å²) in [6.45, 7) is 1.87. The summed E-state index contributed by atoms with van der Waals surface area (Å²) in [6.07, 6.45) is 0. The van der Waals surface area contributed by atoms with Gasteiger partial charge in [-0.1, -0.05) is 23.4 Å². The molecule has 5 heteroatoms. The Hall–Kier alpha value is -2.53. The monoisotopic (exact) mass is 272 g/mol. The van der Waals surface area contributed by atoms with Gasteiger partial charge >= 0.3 is 0 Å². The Labute approximate surface area is 116 Å². The van der Waals surface area contributed by atoms with Gasteiger partial charge in [0.25, 0.3) is 0 Å². The van der Waals surface area contributed by atoms with E-state index in [1.54, 1.807) is 36.4 Å². The molecule has 0 spiro atoms. The van der Waals surface area contributed by atoms with Crippen molar-refractivity contribution in [1.82, 2.24) is 0 Å². The molecule has 0 aliphatic rings. The molecule has 20 heavy (non-hydrogen) atoms. The number of nitrogens with two attached hydrogens (primary N) is 1. The van der Waals surface area contributed by atoms with Gasteiger partial charge in [-0.25, -0.2) is 0 Å². The molecular weight excluding hydrogens is 256 g/mol. The lowest BCUT2D eigenvalue weighted by molar-refractivity contribution is 0.281. The zero-order chi connectivity index (χ0) is 14.5. The minimum atomic E-state index is -0.0574. The van der Waals surface area contributed by atoms with Gasteiger partial charge in [0.05, 0.1) is 12.2 Å². The van der Waals surface area contributed by atoms with Gasteiger partial charge < -0.3 is 20.8 Å². The van der Waals surface area contributed by atoms with Crippen LogP contribution in [0.3, 0.4) is 0 Å². The molecule has 0 heterocycles. The number of ether oxygens (including phenoxy) is 1. The van der Waals surface area contributed by atoms with Gasteiger partial charge in [0.15, 0.2) is 5.84 Å². The number of benzene rings is 2. The Morgan fingerprint density at radius 3 is 2.75 bits per heavy atom. The highest BCUT2D eigenvalue weighted by molar-refractivity contribution is 5.99. The molecule has 0 bridgehead atoms. The van der Waals surface area contributed by atoms with Crippen LogP contribution >= 0.6 is 0 Å². The lowest BCUT2D eigenvalue weighted by Crippen LogP contribution is -2.14. The molecule has 0 saturated carbocycles. The molecule has 2 aromatic rings. The van der Waals surface area contributed by atoms with Crippen LogP contribution in [0.25, 0.3) is 0 Å². The number of rotatable bonds is 4. The second-order valence-electron chi connectivity index (χ2n) is 4.39. The fourth-order valence-corrected chi connectivity index (χ4v) is 1.81. The Morgan fingerprint density at radius 2 is 2.05 bits per heavy atom. The van der Waals surface area contributed by atoms with Gasteiger partial charge in [0, 0.05) is 0 Å². The van der Waals surface area contributed by atoms with Crippen molar-refractivity contribution in [3.8, 4) is 11.5 Å². The number of hydrogen-bond acceptors (Lipinski definition) is 4. The van der Waals surface area contributed by atoms with Gasteiger partial charge in [0.1, 0.15) is 11.5 Å². The Bertz CT molecular complexity index is 639. The number of aliphatic hydroxyl groups excluding tert-OH is 1. The van der Waals surface area contributed by atoms with E-state index in [4.69, 9.17) is 20.8 Å². The van der Waals surface area contributed by atoms with E-state index in [2.05, 4.69) is 5.16 Å². The number of aryl methyl sites for hydroxylation is 1. The summed E-state index contributed by atoms with van der Waals surface area (Å²) in [5.74, 6) is 1.06. The van der Waals surface area contributed by atoms with E-state index in [1.807, 2.05) is 13.0 Å². The molecule has 0 amide bonds. The third kappa shape index (κ3) is 3.07. The van der Waals surface area contributed by atoms with E-state index < -0.39 is 0 Å². The summed E-state index contributed by atoms with van der Waals surface area (Å²) in [5, 5.41) is 20.9. The van der Waals surface area contributed by atoms with Crippen molar-refractivity contribution in [2.75, 3.05) is 0 Å². The molecule has 0 atom stereocenters. The average molecular weight is 272 g/mol. The Balaban J connectivity index is 2.39.